The molecule has 0 unspecified atom stereocenters. The van der Waals surface area contributed by atoms with E-state index in [0.717, 1.165) is 28.8 Å². The van der Waals surface area contributed by atoms with E-state index in [1.807, 2.05) is 24.3 Å². The van der Waals surface area contributed by atoms with E-state index in [1.165, 1.54) is 0 Å². The molecule has 1 fully saturated rings. The van der Waals surface area contributed by atoms with Crippen LogP contribution in [0.15, 0.2) is 58.1 Å². The number of hydrogen-bond donors (Lipinski definition) is 1. The first-order chi connectivity index (χ1) is 13.6. The molecule has 1 N–H and O–H groups in total. The topological polar surface area (TPSA) is 84.4 Å². The van der Waals surface area contributed by atoms with Gasteiger partial charge in [-0.25, -0.2) is 4.68 Å². The first kappa shape index (κ1) is 18.0. The molecule has 0 spiro atoms. The average molecular weight is 379 g/mol. The number of fused-ring (bicyclic) bond motifs is 1. The number of ether oxygens (including phenoxy) is 1. The van der Waals surface area contributed by atoms with Gasteiger partial charge in [0.1, 0.15) is 12.3 Å². The maximum Gasteiger partial charge on any atom is 0.273 e. The number of aromatic amines is 1. The maximum absolute atomic E-state index is 12.9. The monoisotopic (exact) mass is 379 g/mol. The molecule has 3 aromatic rings. The van der Waals surface area contributed by atoms with E-state index in [2.05, 4.69) is 5.10 Å². The van der Waals surface area contributed by atoms with Crippen molar-refractivity contribution in [1.29, 1.82) is 0 Å². The van der Waals surface area contributed by atoms with Crippen LogP contribution >= 0.6 is 0 Å². The van der Waals surface area contributed by atoms with Gasteiger partial charge in [0, 0.05) is 12.6 Å². The number of nitrogens with zero attached hydrogens (tertiary/aromatic N) is 2. The second-order valence-electron chi connectivity index (χ2n) is 6.98. The van der Waals surface area contributed by atoms with Crippen molar-refractivity contribution < 1.29 is 9.53 Å². The van der Waals surface area contributed by atoms with Crippen LogP contribution in [0.3, 0.4) is 0 Å². The van der Waals surface area contributed by atoms with Gasteiger partial charge in [0.25, 0.3) is 11.1 Å². The van der Waals surface area contributed by atoms with Gasteiger partial charge in [0.2, 0.25) is 5.91 Å². The third kappa shape index (κ3) is 3.55. The summed E-state index contributed by atoms with van der Waals surface area (Å²) in [5.41, 5.74) is 0.236. The van der Waals surface area contributed by atoms with Gasteiger partial charge in [-0.1, -0.05) is 24.3 Å². The molecule has 1 aromatic heterocycles. The first-order valence-electron chi connectivity index (χ1n) is 9.21. The fourth-order valence-corrected chi connectivity index (χ4v) is 3.32. The zero-order chi connectivity index (χ0) is 19.7. The van der Waals surface area contributed by atoms with E-state index in [9.17, 15) is 14.4 Å². The van der Waals surface area contributed by atoms with Crippen LogP contribution in [0.2, 0.25) is 0 Å². The molecule has 1 heterocycles. The van der Waals surface area contributed by atoms with E-state index < -0.39 is 0 Å². The van der Waals surface area contributed by atoms with Crippen molar-refractivity contribution in [1.82, 2.24) is 14.7 Å². The van der Waals surface area contributed by atoms with E-state index in [4.69, 9.17) is 4.74 Å². The summed E-state index contributed by atoms with van der Waals surface area (Å²) in [6.07, 6.45) is 1.90. The van der Waals surface area contributed by atoms with Gasteiger partial charge in [0.15, 0.2) is 0 Å². The second-order valence-corrected chi connectivity index (χ2v) is 6.98. The Morgan fingerprint density at radius 2 is 1.79 bits per heavy atom. The minimum Gasteiger partial charge on any atom is -0.497 e. The lowest BCUT2D eigenvalue weighted by molar-refractivity contribution is -0.133. The van der Waals surface area contributed by atoms with Gasteiger partial charge in [0.05, 0.1) is 17.9 Å². The maximum atomic E-state index is 12.9. The van der Waals surface area contributed by atoms with Crippen LogP contribution in [0.1, 0.15) is 18.4 Å². The van der Waals surface area contributed by atoms with Gasteiger partial charge in [-0.05, 0) is 42.7 Å². The van der Waals surface area contributed by atoms with Gasteiger partial charge >= 0.3 is 0 Å². The summed E-state index contributed by atoms with van der Waals surface area (Å²) < 4.78 is 6.28. The molecule has 1 aliphatic carbocycles. The van der Waals surface area contributed by atoms with Crippen LogP contribution in [-0.2, 0) is 17.9 Å². The quantitative estimate of drug-likeness (QED) is 0.709. The highest BCUT2D eigenvalue weighted by Crippen LogP contribution is 2.29. The van der Waals surface area contributed by atoms with Crippen molar-refractivity contribution >= 4 is 16.7 Å². The number of H-pyrrole nitrogens is 1. The Morgan fingerprint density at radius 1 is 1.11 bits per heavy atom. The molecule has 7 heteroatoms. The number of hydrogen-bond acceptors (Lipinski definition) is 4. The van der Waals surface area contributed by atoms with Crippen LogP contribution in [0.4, 0.5) is 0 Å². The second kappa shape index (κ2) is 7.34. The molecule has 7 nitrogen and oxygen atoms in total. The molecule has 1 aliphatic rings. The van der Waals surface area contributed by atoms with Crippen LogP contribution in [0.25, 0.3) is 10.8 Å². The van der Waals surface area contributed by atoms with Crippen molar-refractivity contribution in [2.45, 2.75) is 32.0 Å². The fraction of sp³-hybridized carbons (Fsp3) is 0.286. The first-order valence-corrected chi connectivity index (χ1v) is 9.21. The molecule has 2 aromatic carbocycles. The minimum atomic E-state index is -0.379. The van der Waals surface area contributed by atoms with Gasteiger partial charge < -0.3 is 9.64 Å². The molecule has 0 aliphatic heterocycles. The van der Waals surface area contributed by atoms with Crippen molar-refractivity contribution in [3.63, 3.8) is 0 Å². The highest BCUT2D eigenvalue weighted by atomic mass is 16.5. The number of benzene rings is 2. The van der Waals surface area contributed by atoms with Crippen molar-refractivity contribution in [2.75, 3.05) is 7.11 Å². The molecular weight excluding hydrogens is 358 g/mol. The summed E-state index contributed by atoms with van der Waals surface area (Å²) in [5.74, 6) is 0.569. The summed E-state index contributed by atoms with van der Waals surface area (Å²) in [4.78, 5) is 39.6. The number of methoxy groups -OCH3 is 1. The molecule has 0 saturated heterocycles. The molecule has 0 atom stereocenters. The van der Waals surface area contributed by atoms with Crippen molar-refractivity contribution in [3.8, 4) is 5.75 Å². The zero-order valence-corrected chi connectivity index (χ0v) is 15.6. The highest BCUT2D eigenvalue weighted by molar-refractivity contribution is 5.81. The summed E-state index contributed by atoms with van der Waals surface area (Å²) in [7, 11) is 1.61. The van der Waals surface area contributed by atoms with Crippen LogP contribution < -0.4 is 15.9 Å². The van der Waals surface area contributed by atoms with Gasteiger partial charge in [-0.3, -0.25) is 19.5 Å². The molecule has 1 saturated carbocycles. The molecule has 144 valence electrons. The minimum absolute atomic E-state index is 0.178. The molecule has 0 bridgehead atoms. The predicted octanol–water partition coefficient (Wildman–Crippen LogP) is 1.89. The third-order valence-corrected chi connectivity index (χ3v) is 5.00. The fourth-order valence-electron chi connectivity index (χ4n) is 3.32. The lowest BCUT2D eigenvalue weighted by Gasteiger charge is -2.23. The van der Waals surface area contributed by atoms with E-state index in [0.29, 0.717) is 17.3 Å². The Balaban J connectivity index is 1.58. The van der Waals surface area contributed by atoms with Crippen LogP contribution in [0.5, 0.6) is 5.75 Å². The summed E-state index contributed by atoms with van der Waals surface area (Å²) >= 11 is 0. The number of carbonyl (C=O) groups is 1. The van der Waals surface area contributed by atoms with Gasteiger partial charge in [-0.2, -0.15) is 0 Å². The number of carbonyl (C=O) groups excluding carboxylic acids is 1. The van der Waals surface area contributed by atoms with E-state index in [1.54, 1.807) is 36.3 Å². The molecule has 1 amide bonds. The third-order valence-electron chi connectivity index (χ3n) is 5.00. The number of nitrogens with one attached hydrogen (secondary N) is 1. The normalized spacial score (nSPS) is 13.5. The Bertz CT molecular complexity index is 1130. The molecular formula is C21H21N3O4. The molecule has 4 rings (SSSR count). The standard InChI is InChI=1S/C21H21N3O4/c1-28-16-10-6-14(7-11-16)12-23(15-8-9-15)19(25)13-24-21(27)18-5-3-2-4-17(18)20(26)22-24/h2-7,10-11,15H,8-9,12-13H2,1H3,(H,22,26). The highest BCUT2D eigenvalue weighted by Gasteiger charge is 2.32. The smallest absolute Gasteiger partial charge is 0.273 e. The Morgan fingerprint density at radius 3 is 2.43 bits per heavy atom. The lowest BCUT2D eigenvalue weighted by Crippen LogP contribution is -2.40. The van der Waals surface area contributed by atoms with Gasteiger partial charge in [-0.15, -0.1) is 0 Å². The molecule has 0 radical (unpaired) electrons. The number of amides is 1. The average Bonchev–Trinajstić information content (AvgIpc) is 3.55. The molecule has 28 heavy (non-hydrogen) atoms. The number of aromatic nitrogens is 2. The summed E-state index contributed by atoms with van der Waals surface area (Å²) in [6, 6.07) is 14.3. The Hall–Kier alpha value is -3.35. The summed E-state index contributed by atoms with van der Waals surface area (Å²) in [6.45, 7) is 0.269. The van der Waals surface area contributed by atoms with Crippen LogP contribution in [-0.4, -0.2) is 33.7 Å². The van der Waals surface area contributed by atoms with Crippen molar-refractivity contribution in [3.05, 3.63) is 74.8 Å². The summed E-state index contributed by atoms with van der Waals surface area (Å²) in [5, 5.41) is 3.17. The van der Waals surface area contributed by atoms with Crippen LogP contribution in [0, 0.1) is 0 Å². The SMILES string of the molecule is COc1ccc(CN(C(=O)Cn2[nH]c(=O)c3ccccc3c2=O)C2CC2)cc1. The predicted molar refractivity (Wildman–Crippen MR) is 105 cm³/mol. The zero-order valence-electron chi connectivity index (χ0n) is 15.6. The van der Waals surface area contributed by atoms with E-state index in [-0.39, 0.29) is 29.6 Å². The lowest BCUT2D eigenvalue weighted by atomic mass is 10.2. The van der Waals surface area contributed by atoms with Crippen molar-refractivity contribution in [2.24, 2.45) is 0 Å². The Kier molecular flexibility index (Phi) is 4.73. The largest absolute Gasteiger partial charge is 0.497 e. The Labute approximate surface area is 161 Å². The number of rotatable bonds is 6. The van der Waals surface area contributed by atoms with E-state index >= 15 is 0 Å².